The topological polar surface area (TPSA) is 51.7 Å². The second kappa shape index (κ2) is 12.7. The van der Waals surface area contributed by atoms with Crippen LogP contribution < -0.4 is 5.32 Å². The summed E-state index contributed by atoms with van der Waals surface area (Å²) >= 11 is 10.2. The summed E-state index contributed by atoms with van der Waals surface area (Å²) in [5, 5.41) is 4.25. The first-order chi connectivity index (χ1) is 20.5. The van der Waals surface area contributed by atoms with Crippen molar-refractivity contribution >= 4 is 33.4 Å². The van der Waals surface area contributed by atoms with Crippen LogP contribution in [0.1, 0.15) is 82.2 Å². The van der Waals surface area contributed by atoms with Crippen molar-refractivity contribution in [1.82, 2.24) is 25.0 Å². The summed E-state index contributed by atoms with van der Waals surface area (Å²) in [7, 11) is 0. The number of benzene rings is 1. The van der Waals surface area contributed by atoms with E-state index in [9.17, 15) is 4.79 Å². The second-order valence-electron chi connectivity index (χ2n) is 14.6. The van der Waals surface area contributed by atoms with Gasteiger partial charge in [0.25, 0.3) is 0 Å². The SMILES string of the molecule is CC(C)(C)[C@H]1CN(C2CCN(C3(C)c4ccc(Cl)cc4CCc4cc(Br)cnc43)CC2)CCN1C(=O)CC1CCNCC1. The molecule has 4 heterocycles. The summed E-state index contributed by atoms with van der Waals surface area (Å²) < 4.78 is 1.04. The van der Waals surface area contributed by atoms with Gasteiger partial charge in [-0.25, -0.2) is 0 Å². The Morgan fingerprint density at radius 3 is 2.49 bits per heavy atom. The van der Waals surface area contributed by atoms with Crippen LogP contribution in [0.3, 0.4) is 0 Å². The van der Waals surface area contributed by atoms with E-state index in [0.29, 0.717) is 24.3 Å². The van der Waals surface area contributed by atoms with Gasteiger partial charge in [-0.1, -0.05) is 38.4 Å². The van der Waals surface area contributed by atoms with Crippen molar-refractivity contribution in [2.75, 3.05) is 45.8 Å². The quantitative estimate of drug-likeness (QED) is 0.416. The largest absolute Gasteiger partial charge is 0.337 e. The lowest BCUT2D eigenvalue weighted by Gasteiger charge is -2.52. The first-order valence-corrected chi connectivity index (χ1v) is 17.6. The lowest BCUT2D eigenvalue weighted by molar-refractivity contribution is -0.142. The van der Waals surface area contributed by atoms with E-state index >= 15 is 0 Å². The average Bonchev–Trinajstić information content (AvgIpc) is 3.11. The van der Waals surface area contributed by atoms with Gasteiger partial charge in [0.05, 0.1) is 11.2 Å². The Balaban J connectivity index is 1.18. The van der Waals surface area contributed by atoms with Gasteiger partial charge < -0.3 is 10.2 Å². The lowest BCUT2D eigenvalue weighted by Crippen LogP contribution is -2.63. The van der Waals surface area contributed by atoms with Crippen LogP contribution in [-0.4, -0.2) is 83.5 Å². The van der Waals surface area contributed by atoms with Crippen molar-refractivity contribution in [2.24, 2.45) is 11.3 Å². The van der Waals surface area contributed by atoms with Crippen LogP contribution in [0.15, 0.2) is 34.9 Å². The van der Waals surface area contributed by atoms with Crippen molar-refractivity contribution < 1.29 is 4.79 Å². The predicted octanol–water partition coefficient (Wildman–Crippen LogP) is 6.27. The fourth-order valence-electron chi connectivity index (χ4n) is 8.37. The Kier molecular flexibility index (Phi) is 9.30. The number of aryl methyl sites for hydroxylation is 2. The minimum absolute atomic E-state index is 0.0472. The Labute approximate surface area is 272 Å². The number of piperazine rings is 1. The molecule has 1 amide bonds. The van der Waals surface area contributed by atoms with E-state index in [1.807, 2.05) is 12.3 Å². The van der Waals surface area contributed by atoms with Crippen LogP contribution in [0.25, 0.3) is 0 Å². The molecule has 1 unspecified atom stereocenters. The molecule has 0 radical (unpaired) electrons. The summed E-state index contributed by atoms with van der Waals surface area (Å²) in [4.78, 5) is 26.3. The number of hydrogen-bond acceptors (Lipinski definition) is 5. The molecule has 3 fully saturated rings. The summed E-state index contributed by atoms with van der Waals surface area (Å²) in [5.74, 6) is 0.906. The molecule has 2 aromatic rings. The highest BCUT2D eigenvalue weighted by Gasteiger charge is 2.45. The molecule has 3 saturated heterocycles. The van der Waals surface area contributed by atoms with Crippen molar-refractivity contribution in [3.05, 3.63) is 62.3 Å². The fourth-order valence-corrected chi connectivity index (χ4v) is 8.95. The van der Waals surface area contributed by atoms with Gasteiger partial charge in [0, 0.05) is 66.9 Å². The van der Waals surface area contributed by atoms with Crippen LogP contribution in [0.2, 0.25) is 5.02 Å². The van der Waals surface area contributed by atoms with E-state index < -0.39 is 0 Å². The molecule has 0 bridgehead atoms. The van der Waals surface area contributed by atoms with Gasteiger partial charge in [-0.2, -0.15) is 0 Å². The smallest absolute Gasteiger partial charge is 0.223 e. The van der Waals surface area contributed by atoms with Gasteiger partial charge in [0.1, 0.15) is 0 Å². The molecule has 6 nitrogen and oxygen atoms in total. The number of amides is 1. The predicted molar refractivity (Wildman–Crippen MR) is 179 cm³/mol. The number of aromatic nitrogens is 1. The molecule has 43 heavy (non-hydrogen) atoms. The van der Waals surface area contributed by atoms with Gasteiger partial charge in [0.15, 0.2) is 0 Å². The maximum atomic E-state index is 13.6. The Morgan fingerprint density at radius 2 is 1.77 bits per heavy atom. The summed E-state index contributed by atoms with van der Waals surface area (Å²) in [6.45, 7) is 16.3. The van der Waals surface area contributed by atoms with Crippen molar-refractivity contribution in [3.63, 3.8) is 0 Å². The number of nitrogens with one attached hydrogen (secondary N) is 1. The zero-order valence-corrected chi connectivity index (χ0v) is 28.8. The molecule has 0 spiro atoms. The highest BCUT2D eigenvalue weighted by atomic mass is 79.9. The monoisotopic (exact) mass is 669 g/mol. The molecule has 4 aliphatic rings. The molecule has 3 aliphatic heterocycles. The molecule has 6 rings (SSSR count). The van der Waals surface area contributed by atoms with Gasteiger partial charge >= 0.3 is 0 Å². The lowest BCUT2D eigenvalue weighted by atomic mass is 9.81. The molecule has 2 atom stereocenters. The molecular weight excluding hydrogens is 622 g/mol. The first kappa shape index (κ1) is 31.5. The molecule has 1 aliphatic carbocycles. The van der Waals surface area contributed by atoms with E-state index in [-0.39, 0.29) is 17.0 Å². The van der Waals surface area contributed by atoms with Gasteiger partial charge in [-0.05, 0) is 121 Å². The third kappa shape index (κ3) is 6.44. The zero-order valence-electron chi connectivity index (χ0n) is 26.5. The number of nitrogens with zero attached hydrogens (tertiary/aromatic N) is 4. The maximum absolute atomic E-state index is 13.6. The second-order valence-corrected chi connectivity index (χ2v) is 16.0. The van der Waals surface area contributed by atoms with E-state index in [1.54, 1.807) is 0 Å². The molecule has 0 saturated carbocycles. The number of likely N-dealkylation sites (tertiary alicyclic amines) is 1. The molecular formula is C35H49BrClN5O. The molecule has 1 N–H and O–H groups in total. The van der Waals surface area contributed by atoms with Crippen molar-refractivity contribution in [2.45, 2.75) is 90.3 Å². The molecule has 1 aromatic carbocycles. The number of fused-ring (bicyclic) bond motifs is 2. The first-order valence-electron chi connectivity index (χ1n) is 16.5. The molecule has 1 aromatic heterocycles. The Morgan fingerprint density at radius 1 is 1.05 bits per heavy atom. The fraction of sp³-hybridized carbons (Fsp3) is 0.657. The number of pyridine rings is 1. The highest BCUT2D eigenvalue weighted by Crippen LogP contribution is 2.44. The minimum atomic E-state index is -0.300. The Bertz CT molecular complexity index is 1260. The number of carbonyl (C=O) groups excluding carboxylic acids is 1. The normalized spacial score (nSPS) is 26.6. The van der Waals surface area contributed by atoms with E-state index in [1.165, 1.54) is 22.4 Å². The number of halogens is 2. The standard InChI is InChI=1S/C35H49BrClN5O/c1-34(2,3)31-23-40(17-18-42(31)32(43)19-24-9-13-38-14-10-24)29-11-15-41(16-12-29)35(4)30-8-7-28(37)21-25(30)5-6-26-20-27(36)22-39-33(26)35/h7-8,20-22,24,29,31,38H,5-6,9-19,23H2,1-4H3/t31-,35?/m1/s1. The van der Waals surface area contributed by atoms with E-state index in [2.05, 4.69) is 81.8 Å². The number of hydrogen-bond donors (Lipinski definition) is 1. The van der Waals surface area contributed by atoms with Gasteiger partial charge in [0.2, 0.25) is 5.91 Å². The highest BCUT2D eigenvalue weighted by molar-refractivity contribution is 9.10. The van der Waals surface area contributed by atoms with E-state index in [4.69, 9.17) is 16.6 Å². The third-order valence-electron chi connectivity index (χ3n) is 10.9. The maximum Gasteiger partial charge on any atom is 0.223 e. The number of carbonyl (C=O) groups is 1. The van der Waals surface area contributed by atoms with Gasteiger partial charge in [-0.15, -0.1) is 0 Å². The van der Waals surface area contributed by atoms with Crippen LogP contribution in [0.4, 0.5) is 0 Å². The number of piperidine rings is 2. The molecule has 8 heteroatoms. The summed E-state index contributed by atoms with van der Waals surface area (Å²) in [5.41, 5.74) is 4.94. The van der Waals surface area contributed by atoms with Gasteiger partial charge in [-0.3, -0.25) is 19.6 Å². The van der Waals surface area contributed by atoms with Crippen molar-refractivity contribution in [3.8, 4) is 0 Å². The van der Waals surface area contributed by atoms with Crippen LogP contribution in [-0.2, 0) is 23.2 Å². The van der Waals surface area contributed by atoms with Crippen LogP contribution in [0, 0.1) is 11.3 Å². The average molecular weight is 671 g/mol. The Hall–Kier alpha value is -1.51. The number of rotatable bonds is 4. The minimum Gasteiger partial charge on any atom is -0.337 e. The summed E-state index contributed by atoms with van der Waals surface area (Å²) in [6.07, 6.45) is 9.12. The van der Waals surface area contributed by atoms with Crippen molar-refractivity contribution in [1.29, 1.82) is 0 Å². The molecule has 234 valence electrons. The van der Waals surface area contributed by atoms with Crippen LogP contribution in [0.5, 0.6) is 0 Å². The van der Waals surface area contributed by atoms with E-state index in [0.717, 1.165) is 93.8 Å². The zero-order chi connectivity index (χ0) is 30.4. The summed E-state index contributed by atoms with van der Waals surface area (Å²) in [6, 6.07) is 9.52. The van der Waals surface area contributed by atoms with Crippen LogP contribution >= 0.6 is 27.5 Å². The third-order valence-corrected chi connectivity index (χ3v) is 11.6.